The monoisotopic (exact) mass is 521 g/mol. The van der Waals surface area contributed by atoms with Crippen LogP contribution in [0.1, 0.15) is 27.1 Å². The van der Waals surface area contributed by atoms with E-state index in [1.54, 1.807) is 12.1 Å². The zero-order chi connectivity index (χ0) is 27.2. The van der Waals surface area contributed by atoms with Gasteiger partial charge in [-0.15, -0.1) is 0 Å². The van der Waals surface area contributed by atoms with Gasteiger partial charge in [-0.3, -0.25) is 9.59 Å². The van der Waals surface area contributed by atoms with Crippen molar-refractivity contribution in [2.75, 3.05) is 33.0 Å². The number of aliphatic hydroxyl groups is 2. The average Bonchev–Trinajstić information content (AvgIpc) is 2.90. The molecule has 10 heteroatoms. The molecule has 0 saturated carbocycles. The Morgan fingerprint density at radius 1 is 0.974 bits per heavy atom. The molecule has 0 radical (unpaired) electrons. The van der Waals surface area contributed by atoms with Gasteiger partial charge in [-0.2, -0.15) is 0 Å². The first-order valence-electron chi connectivity index (χ1n) is 12.0. The summed E-state index contributed by atoms with van der Waals surface area (Å²) in [6.07, 6.45) is 0.492. The van der Waals surface area contributed by atoms with Crippen molar-refractivity contribution in [1.29, 1.82) is 0 Å². The lowest BCUT2D eigenvalue weighted by atomic mass is 9.89. The highest BCUT2D eigenvalue weighted by atomic mass is 16.5. The summed E-state index contributed by atoms with van der Waals surface area (Å²) in [6.45, 7) is 0.458. The van der Waals surface area contributed by atoms with Gasteiger partial charge in [0.05, 0.1) is 25.4 Å². The molecule has 0 atom stereocenters. The Hall–Kier alpha value is -4.25. The second kappa shape index (κ2) is 11.9. The van der Waals surface area contributed by atoms with Gasteiger partial charge in [0.15, 0.2) is 5.43 Å². The van der Waals surface area contributed by atoms with Gasteiger partial charge in [0.2, 0.25) is 0 Å². The number of rotatable bonds is 11. The molecule has 0 saturated heterocycles. The number of aromatic carboxylic acids is 1. The van der Waals surface area contributed by atoms with Crippen LogP contribution in [0.5, 0.6) is 5.75 Å². The molecule has 198 valence electrons. The van der Waals surface area contributed by atoms with E-state index in [2.05, 4.69) is 5.32 Å². The Morgan fingerprint density at radius 2 is 1.76 bits per heavy atom. The number of amides is 1. The summed E-state index contributed by atoms with van der Waals surface area (Å²) in [7, 11) is 0. The number of benzene rings is 3. The van der Waals surface area contributed by atoms with Crippen LogP contribution in [0.3, 0.4) is 0 Å². The zero-order valence-electron chi connectivity index (χ0n) is 20.3. The number of carboxylic acids is 1. The van der Waals surface area contributed by atoms with Crippen molar-refractivity contribution in [3.63, 3.8) is 0 Å². The molecular formula is C28H27NO9. The Balaban J connectivity index is 1.66. The smallest absolute Gasteiger partial charge is 0.336 e. The number of phenolic OH excluding ortho intramolecular Hbond substituents is 1. The van der Waals surface area contributed by atoms with E-state index in [1.807, 2.05) is 0 Å². The van der Waals surface area contributed by atoms with Crippen molar-refractivity contribution in [1.82, 2.24) is 5.32 Å². The molecule has 0 spiro atoms. The number of phenols is 1. The first-order chi connectivity index (χ1) is 18.3. The Labute approximate surface area is 217 Å². The minimum absolute atomic E-state index is 0.0506. The molecule has 1 aliphatic heterocycles. The third-order valence-electron chi connectivity index (χ3n) is 6.08. The fraction of sp³-hybridized carbons (Fsp3) is 0.250. The minimum atomic E-state index is -1.20. The SMILES string of the molecule is O=C(NCCCOCC(CO)CO)c1ccc(C(=O)O)c(-c2c3ccc(=O)cc-3oc3cc(O)ccc23)c1. The van der Waals surface area contributed by atoms with Crippen LogP contribution < -0.4 is 10.7 Å². The summed E-state index contributed by atoms with van der Waals surface area (Å²) in [5, 5.41) is 41.3. The molecule has 10 nitrogen and oxygen atoms in total. The number of carboxylic acid groups (broad SMARTS) is 1. The number of carbonyl (C=O) groups excluding carboxylic acids is 1. The molecule has 2 aromatic carbocycles. The highest BCUT2D eigenvalue weighted by Crippen LogP contribution is 2.42. The van der Waals surface area contributed by atoms with Crippen molar-refractivity contribution in [2.45, 2.75) is 6.42 Å². The van der Waals surface area contributed by atoms with Gasteiger partial charge >= 0.3 is 5.97 Å². The normalized spacial score (nSPS) is 11.3. The Kier molecular flexibility index (Phi) is 8.37. The van der Waals surface area contributed by atoms with Crippen LogP contribution in [-0.4, -0.2) is 65.3 Å². The maximum Gasteiger partial charge on any atom is 0.336 e. The van der Waals surface area contributed by atoms with Crippen LogP contribution in [-0.2, 0) is 4.74 Å². The molecular weight excluding hydrogens is 494 g/mol. The second-order valence-electron chi connectivity index (χ2n) is 8.80. The van der Waals surface area contributed by atoms with E-state index in [0.29, 0.717) is 36.1 Å². The number of aromatic hydroxyl groups is 1. The van der Waals surface area contributed by atoms with Crippen LogP contribution in [0.4, 0.5) is 0 Å². The van der Waals surface area contributed by atoms with Crippen LogP contribution >= 0.6 is 0 Å². The first kappa shape index (κ1) is 26.8. The molecule has 1 heterocycles. The lowest BCUT2D eigenvalue weighted by Crippen LogP contribution is -2.26. The van der Waals surface area contributed by atoms with E-state index in [-0.39, 0.29) is 65.0 Å². The molecule has 0 bridgehead atoms. The summed E-state index contributed by atoms with van der Waals surface area (Å²) >= 11 is 0. The summed E-state index contributed by atoms with van der Waals surface area (Å²) in [5.41, 5.74) is 1.30. The van der Waals surface area contributed by atoms with Crippen molar-refractivity contribution < 1.29 is 39.2 Å². The van der Waals surface area contributed by atoms with E-state index in [4.69, 9.17) is 19.4 Å². The minimum Gasteiger partial charge on any atom is -0.508 e. The lowest BCUT2D eigenvalue weighted by molar-refractivity contribution is 0.0442. The summed E-state index contributed by atoms with van der Waals surface area (Å²) in [5.74, 6) is -1.82. The molecule has 4 rings (SSSR count). The van der Waals surface area contributed by atoms with Gasteiger partial charge in [-0.1, -0.05) is 0 Å². The summed E-state index contributed by atoms with van der Waals surface area (Å²) < 4.78 is 11.2. The number of nitrogens with one attached hydrogen (secondary N) is 1. The third kappa shape index (κ3) is 5.83. The van der Waals surface area contributed by atoms with E-state index >= 15 is 0 Å². The molecule has 1 amide bonds. The van der Waals surface area contributed by atoms with Crippen molar-refractivity contribution in [2.24, 2.45) is 5.92 Å². The Morgan fingerprint density at radius 3 is 2.50 bits per heavy atom. The number of aliphatic hydroxyl groups excluding tert-OH is 2. The predicted molar refractivity (Wildman–Crippen MR) is 139 cm³/mol. The molecule has 1 aliphatic carbocycles. The molecule has 0 unspecified atom stereocenters. The lowest BCUT2D eigenvalue weighted by Gasteiger charge is -2.17. The van der Waals surface area contributed by atoms with E-state index in [0.717, 1.165) is 0 Å². The van der Waals surface area contributed by atoms with Crippen LogP contribution in [0.25, 0.3) is 33.4 Å². The van der Waals surface area contributed by atoms with Crippen LogP contribution in [0.2, 0.25) is 0 Å². The molecule has 0 fully saturated rings. The van der Waals surface area contributed by atoms with Gasteiger partial charge in [-0.25, -0.2) is 4.79 Å². The quantitative estimate of drug-likeness (QED) is 0.147. The maximum atomic E-state index is 12.9. The van der Waals surface area contributed by atoms with Gasteiger partial charge in [0.25, 0.3) is 5.91 Å². The fourth-order valence-corrected chi connectivity index (χ4v) is 4.12. The number of hydrogen-bond donors (Lipinski definition) is 5. The van der Waals surface area contributed by atoms with Gasteiger partial charge < -0.3 is 34.9 Å². The molecule has 2 aliphatic rings. The number of hydrogen-bond acceptors (Lipinski definition) is 8. The largest absolute Gasteiger partial charge is 0.508 e. The first-order valence-corrected chi connectivity index (χ1v) is 12.0. The number of ether oxygens (including phenoxy) is 1. The maximum absolute atomic E-state index is 12.9. The van der Waals surface area contributed by atoms with Gasteiger partial charge in [0, 0.05) is 53.3 Å². The molecule has 0 aromatic heterocycles. The van der Waals surface area contributed by atoms with E-state index in [9.17, 15) is 24.6 Å². The van der Waals surface area contributed by atoms with Crippen molar-refractivity contribution >= 4 is 22.8 Å². The van der Waals surface area contributed by atoms with Crippen LogP contribution in [0.15, 0.2) is 63.8 Å². The van der Waals surface area contributed by atoms with E-state index < -0.39 is 11.9 Å². The molecule has 5 N–H and O–H groups in total. The highest BCUT2D eigenvalue weighted by Gasteiger charge is 2.23. The topological polar surface area (TPSA) is 167 Å². The van der Waals surface area contributed by atoms with Crippen molar-refractivity contribution in [3.05, 3.63) is 75.9 Å². The Bertz CT molecular complexity index is 1490. The predicted octanol–water partition coefficient (Wildman–Crippen LogP) is 2.71. The fourth-order valence-electron chi connectivity index (χ4n) is 4.12. The standard InChI is InChI=1S/C28H27NO9/c30-13-16(14-31)15-37-9-1-8-29-27(34)17-2-5-20(28(35)36)23(10-17)26-21-6-3-18(32)11-24(21)38-25-12-19(33)4-7-22(25)26/h2-7,10-12,16,30-32H,1,8-9,13-15H2,(H,29,34)(H,35,36). The van der Waals surface area contributed by atoms with Gasteiger partial charge in [-0.05, 0) is 54.4 Å². The van der Waals surface area contributed by atoms with Gasteiger partial charge in [0.1, 0.15) is 17.1 Å². The zero-order valence-corrected chi connectivity index (χ0v) is 20.3. The summed E-state index contributed by atoms with van der Waals surface area (Å²) in [6, 6.07) is 12.8. The van der Waals surface area contributed by atoms with E-state index in [1.165, 1.54) is 42.5 Å². The van der Waals surface area contributed by atoms with Crippen molar-refractivity contribution in [3.8, 4) is 28.2 Å². The number of carbonyl (C=O) groups is 2. The summed E-state index contributed by atoms with van der Waals surface area (Å²) in [4.78, 5) is 37.1. The molecule has 2 aromatic rings. The third-order valence-corrected chi connectivity index (χ3v) is 6.08. The number of fused-ring (bicyclic) bond motifs is 2. The highest BCUT2D eigenvalue weighted by molar-refractivity contribution is 6.09. The molecule has 38 heavy (non-hydrogen) atoms. The second-order valence-corrected chi connectivity index (χ2v) is 8.80. The van der Waals surface area contributed by atoms with Crippen LogP contribution in [0, 0.1) is 5.92 Å². The average molecular weight is 522 g/mol.